The van der Waals surface area contributed by atoms with E-state index >= 15 is 0 Å². The van der Waals surface area contributed by atoms with Crippen LogP contribution in [0.4, 0.5) is 8.78 Å². The van der Waals surface area contributed by atoms with Crippen LogP contribution in [0.3, 0.4) is 0 Å². The van der Waals surface area contributed by atoms with Gasteiger partial charge in [-0.2, -0.15) is 9.19 Å². The molecule has 2 saturated heterocycles. The molecule has 32 heavy (non-hydrogen) atoms. The molecule has 0 radical (unpaired) electrons. The van der Waals surface area contributed by atoms with Crippen LogP contribution in [0.15, 0.2) is 18.2 Å². The first kappa shape index (κ1) is 21.9. The summed E-state index contributed by atoms with van der Waals surface area (Å²) in [5, 5.41) is 3.85. The Hall–Kier alpha value is -1.92. The number of nitrogens with two attached hydrogens (primary N) is 1. The highest BCUT2D eigenvalue weighted by molar-refractivity contribution is 7.90. The van der Waals surface area contributed by atoms with Crippen molar-refractivity contribution in [2.45, 2.75) is 62.9 Å². The molecule has 174 valence electrons. The van der Waals surface area contributed by atoms with E-state index in [0.29, 0.717) is 25.2 Å². The van der Waals surface area contributed by atoms with Crippen LogP contribution in [0.2, 0.25) is 0 Å². The average Bonchev–Trinajstić information content (AvgIpc) is 3.23. The van der Waals surface area contributed by atoms with Crippen molar-refractivity contribution in [3.8, 4) is 0 Å². The molecule has 0 amide bonds. The molecule has 3 aliphatic rings. The number of nitrogens with zero attached hydrogens (tertiary/aromatic N) is 3. The third-order valence-electron chi connectivity index (χ3n) is 6.81. The minimum Gasteiger partial charge on any atom is -0.378 e. The first-order chi connectivity index (χ1) is 15.2. The van der Waals surface area contributed by atoms with E-state index in [-0.39, 0.29) is 30.9 Å². The van der Waals surface area contributed by atoms with Gasteiger partial charge in [-0.15, -0.1) is 0 Å². The topological polar surface area (TPSA) is 99.7 Å². The van der Waals surface area contributed by atoms with Crippen molar-refractivity contribution in [3.05, 3.63) is 52.3 Å². The van der Waals surface area contributed by atoms with Gasteiger partial charge in [-0.05, 0) is 38.5 Å². The minimum absolute atomic E-state index is 0.0587. The molecule has 2 aromatic rings. The maximum Gasteiger partial charge on any atom is 0.261 e. The van der Waals surface area contributed by atoms with Crippen molar-refractivity contribution in [1.29, 1.82) is 0 Å². The molecule has 1 aromatic heterocycles. The van der Waals surface area contributed by atoms with Crippen molar-refractivity contribution in [2.75, 3.05) is 13.2 Å². The summed E-state index contributed by atoms with van der Waals surface area (Å²) in [4.78, 5) is 2.16. The molecule has 0 unspecified atom stereocenters. The zero-order valence-corrected chi connectivity index (χ0v) is 18.7. The van der Waals surface area contributed by atoms with Crippen molar-refractivity contribution in [2.24, 2.45) is 5.73 Å². The average molecular weight is 469 g/mol. The van der Waals surface area contributed by atoms with E-state index in [9.17, 15) is 17.2 Å². The lowest BCUT2D eigenvalue weighted by molar-refractivity contribution is -0.104. The molecule has 0 aliphatic carbocycles. The highest BCUT2D eigenvalue weighted by Crippen LogP contribution is 2.38. The van der Waals surface area contributed by atoms with Gasteiger partial charge in [0.25, 0.3) is 10.0 Å². The maximum absolute atomic E-state index is 14.3. The first-order valence-corrected chi connectivity index (χ1v) is 12.2. The van der Waals surface area contributed by atoms with Crippen LogP contribution >= 0.6 is 0 Å². The summed E-state index contributed by atoms with van der Waals surface area (Å²) < 4.78 is 65.7. The summed E-state index contributed by atoms with van der Waals surface area (Å²) in [6.45, 7) is 5.06. The van der Waals surface area contributed by atoms with Crippen molar-refractivity contribution in [3.63, 3.8) is 0 Å². The van der Waals surface area contributed by atoms with Gasteiger partial charge in [0.1, 0.15) is 23.0 Å². The van der Waals surface area contributed by atoms with Gasteiger partial charge in [0.15, 0.2) is 0 Å². The van der Waals surface area contributed by atoms with Gasteiger partial charge in [0.05, 0.1) is 30.7 Å². The summed E-state index contributed by atoms with van der Waals surface area (Å²) in [7, 11) is -3.57. The Balaban J connectivity index is 1.32. The van der Waals surface area contributed by atoms with Crippen molar-refractivity contribution >= 4 is 10.0 Å². The molecule has 11 heteroatoms. The van der Waals surface area contributed by atoms with Crippen LogP contribution in [0.25, 0.3) is 0 Å². The third kappa shape index (κ3) is 3.47. The summed E-state index contributed by atoms with van der Waals surface area (Å²) >= 11 is 0. The number of hydrogen-bond acceptors (Lipinski definition) is 7. The van der Waals surface area contributed by atoms with Gasteiger partial charge >= 0.3 is 0 Å². The van der Waals surface area contributed by atoms with Gasteiger partial charge in [0.2, 0.25) is 0 Å². The molecule has 1 aromatic carbocycles. The van der Waals surface area contributed by atoms with Crippen LogP contribution in [-0.2, 0) is 32.6 Å². The molecule has 3 aliphatic heterocycles. The summed E-state index contributed by atoms with van der Waals surface area (Å²) in [5.74, 6) is -1.07. The van der Waals surface area contributed by atoms with Gasteiger partial charge in [-0.25, -0.2) is 17.2 Å². The lowest BCUT2D eigenvalue weighted by atomic mass is 9.90. The second-order valence-corrected chi connectivity index (χ2v) is 10.9. The van der Waals surface area contributed by atoms with Gasteiger partial charge < -0.3 is 15.2 Å². The molecule has 2 fully saturated rings. The Bertz CT molecular complexity index is 1150. The van der Waals surface area contributed by atoms with E-state index in [1.807, 2.05) is 6.92 Å². The van der Waals surface area contributed by atoms with E-state index in [0.717, 1.165) is 33.5 Å². The third-order valence-corrected chi connectivity index (χ3v) is 8.76. The van der Waals surface area contributed by atoms with E-state index in [4.69, 9.17) is 15.2 Å². The van der Waals surface area contributed by atoms with Crippen LogP contribution < -0.4 is 5.73 Å². The van der Waals surface area contributed by atoms with Gasteiger partial charge in [-0.3, -0.25) is 4.90 Å². The van der Waals surface area contributed by atoms with E-state index in [2.05, 4.69) is 10.00 Å². The molecular formula is C21H26F2N4O4S. The lowest BCUT2D eigenvalue weighted by Gasteiger charge is -2.43. The van der Waals surface area contributed by atoms with Gasteiger partial charge in [-0.1, -0.05) is 0 Å². The quantitative estimate of drug-likeness (QED) is 0.728. The fraction of sp³-hybridized carbons (Fsp3) is 0.571. The number of ether oxygens (including phenoxy) is 2. The predicted molar refractivity (Wildman–Crippen MR) is 111 cm³/mol. The lowest BCUT2D eigenvalue weighted by Crippen LogP contribution is -2.52. The standard InChI is InChI=1S/C21H26F2N4O4S/c1-11-16-7-26(8-19(16)25-27(11)32(28,29)14-9-30-10-14)20-6-18(24)21(31-12(20)2)15-5-13(22)3-4-17(15)23/h3-5,12,14,18,20-21H,6-10,24H2,1-2H3/t12-,18-,20+,21+/m0/s1. The van der Waals surface area contributed by atoms with E-state index in [1.165, 1.54) is 0 Å². The zero-order valence-electron chi connectivity index (χ0n) is 17.9. The number of hydrogen-bond donors (Lipinski definition) is 1. The van der Waals surface area contributed by atoms with Crippen molar-refractivity contribution in [1.82, 2.24) is 14.1 Å². The highest BCUT2D eigenvalue weighted by atomic mass is 32.2. The summed E-state index contributed by atoms with van der Waals surface area (Å²) in [6, 6.07) is 2.72. The molecule has 0 spiro atoms. The van der Waals surface area contributed by atoms with Crippen LogP contribution in [0.1, 0.15) is 42.0 Å². The SMILES string of the molecule is Cc1c2c(nn1S(=O)(=O)C1COC1)CN([C@@H]1C[C@H](N)[C@@H](c3cc(F)ccc3F)O[C@H]1C)C2. The molecule has 0 bridgehead atoms. The molecule has 8 nitrogen and oxygen atoms in total. The fourth-order valence-corrected chi connectivity index (χ4v) is 6.39. The Morgan fingerprint density at radius 3 is 2.62 bits per heavy atom. The molecule has 4 atom stereocenters. The van der Waals surface area contributed by atoms with Crippen molar-refractivity contribution < 1.29 is 26.7 Å². The number of fused-ring (bicyclic) bond motifs is 1. The molecule has 2 N–H and O–H groups in total. The van der Waals surface area contributed by atoms with Crippen LogP contribution in [0.5, 0.6) is 0 Å². The Morgan fingerprint density at radius 2 is 1.97 bits per heavy atom. The predicted octanol–water partition coefficient (Wildman–Crippen LogP) is 1.61. The zero-order chi connectivity index (χ0) is 22.8. The number of benzene rings is 1. The normalized spacial score (nSPS) is 29.2. The Kier molecular flexibility index (Phi) is 5.37. The van der Waals surface area contributed by atoms with Gasteiger partial charge in [0, 0.05) is 36.3 Å². The number of aromatic nitrogens is 2. The first-order valence-electron chi connectivity index (χ1n) is 10.7. The Morgan fingerprint density at radius 1 is 1.22 bits per heavy atom. The summed E-state index contributed by atoms with van der Waals surface area (Å²) in [6.07, 6.45) is -0.486. The Labute approximate surface area is 185 Å². The van der Waals surface area contributed by atoms with Crippen LogP contribution in [0, 0.1) is 18.6 Å². The molecule has 0 saturated carbocycles. The second kappa shape index (κ2) is 7.84. The molecular weight excluding hydrogens is 442 g/mol. The summed E-state index contributed by atoms with van der Waals surface area (Å²) in [5.41, 5.74) is 8.71. The van der Waals surface area contributed by atoms with Crippen LogP contribution in [-0.4, -0.2) is 59.2 Å². The monoisotopic (exact) mass is 468 g/mol. The van der Waals surface area contributed by atoms with E-state index < -0.39 is 39.1 Å². The molecule has 4 heterocycles. The number of halogens is 2. The second-order valence-electron chi connectivity index (χ2n) is 8.86. The maximum atomic E-state index is 14.3. The highest BCUT2D eigenvalue weighted by Gasteiger charge is 2.43. The number of rotatable bonds is 4. The van der Waals surface area contributed by atoms with E-state index in [1.54, 1.807) is 6.92 Å². The minimum atomic E-state index is -3.57. The smallest absolute Gasteiger partial charge is 0.261 e. The largest absolute Gasteiger partial charge is 0.378 e. The molecule has 5 rings (SSSR count). The fourth-order valence-electron chi connectivity index (χ4n) is 4.86.